The van der Waals surface area contributed by atoms with Crippen LogP contribution < -0.4 is 19.7 Å². The molecule has 1 aliphatic heterocycles. The largest absolute Gasteiger partial charge is 0.490 e. The summed E-state index contributed by atoms with van der Waals surface area (Å²) in [5, 5.41) is 2.95. The lowest BCUT2D eigenvalue weighted by molar-refractivity contribution is 0.203. The topological polar surface area (TPSA) is 79.8 Å². The molecule has 1 saturated heterocycles. The second-order valence-electron chi connectivity index (χ2n) is 11.6. The van der Waals surface area contributed by atoms with Crippen molar-refractivity contribution in [2.45, 2.75) is 53.0 Å². The van der Waals surface area contributed by atoms with Crippen LogP contribution in [-0.2, 0) is 6.54 Å². The highest BCUT2D eigenvalue weighted by atomic mass is 19.1. The van der Waals surface area contributed by atoms with Crippen molar-refractivity contribution in [2.24, 2.45) is 0 Å². The zero-order valence-corrected chi connectivity index (χ0v) is 26.3. The van der Waals surface area contributed by atoms with Crippen LogP contribution in [0.1, 0.15) is 47.9 Å². The maximum atomic E-state index is 14.9. The number of ether oxygens (including phenoxy) is 2. The number of halogens is 3. The molecule has 0 radical (unpaired) electrons. The lowest BCUT2D eigenvalue weighted by Crippen LogP contribution is -2.34. The summed E-state index contributed by atoms with van der Waals surface area (Å²) in [6.07, 6.45) is 5.14. The molecule has 0 spiro atoms. The van der Waals surface area contributed by atoms with Crippen LogP contribution in [0.3, 0.4) is 0 Å². The van der Waals surface area contributed by atoms with E-state index in [1.807, 2.05) is 32.9 Å². The molecular weight excluding hydrogens is 595 g/mol. The highest BCUT2D eigenvalue weighted by Gasteiger charge is 2.23. The molecule has 0 atom stereocenters. The quantitative estimate of drug-likeness (QED) is 0.168. The van der Waals surface area contributed by atoms with Crippen molar-refractivity contribution in [2.75, 3.05) is 36.5 Å². The van der Waals surface area contributed by atoms with E-state index in [4.69, 9.17) is 9.47 Å². The summed E-state index contributed by atoms with van der Waals surface area (Å²) >= 11 is 0. The summed E-state index contributed by atoms with van der Waals surface area (Å²) in [7, 11) is 0. The van der Waals surface area contributed by atoms with Gasteiger partial charge < -0.3 is 19.7 Å². The van der Waals surface area contributed by atoms with Gasteiger partial charge in [-0.05, 0) is 100 Å². The summed E-state index contributed by atoms with van der Waals surface area (Å²) in [5.74, 6) is -1.41. The molecule has 5 rings (SSSR count). The van der Waals surface area contributed by atoms with E-state index in [0.717, 1.165) is 65.8 Å². The molecular formula is C35H38F3N5O3. The number of anilines is 3. The van der Waals surface area contributed by atoms with Gasteiger partial charge in [-0.25, -0.2) is 22.9 Å². The number of likely N-dealkylation sites (tertiary alicyclic amines) is 1. The Kier molecular flexibility index (Phi) is 10.7. The standard InChI is InChI=1S/C35H38F3N5O3/c1-23-16-24(2)33(25(3)17-23)46-35(44)43(22-26-18-27(36)20-28(37)19-26)32-10-11-39-34(41-32)40-29-8-9-31(30(38)21-29)45-15-7-14-42-12-5-4-6-13-42/h8-11,16-21H,4-7,12-15,22H2,1-3H3,(H,39,40,41). The molecule has 0 unspecified atom stereocenters. The number of aromatic nitrogens is 2. The summed E-state index contributed by atoms with van der Waals surface area (Å²) in [5.41, 5.74) is 3.07. The van der Waals surface area contributed by atoms with Gasteiger partial charge in [-0.15, -0.1) is 0 Å². The van der Waals surface area contributed by atoms with Gasteiger partial charge in [-0.3, -0.25) is 4.90 Å². The number of piperidine rings is 1. The predicted octanol–water partition coefficient (Wildman–Crippen LogP) is 8.02. The Hall–Kier alpha value is -4.64. The van der Waals surface area contributed by atoms with Gasteiger partial charge in [0.1, 0.15) is 23.2 Å². The van der Waals surface area contributed by atoms with Gasteiger partial charge in [0.25, 0.3) is 0 Å². The van der Waals surface area contributed by atoms with Gasteiger partial charge in [0.2, 0.25) is 5.95 Å². The van der Waals surface area contributed by atoms with Crippen molar-refractivity contribution >= 4 is 23.5 Å². The van der Waals surface area contributed by atoms with E-state index >= 15 is 0 Å². The maximum absolute atomic E-state index is 14.9. The first-order valence-corrected chi connectivity index (χ1v) is 15.4. The number of carbonyl (C=O) groups excluding carboxylic acids is 1. The molecule has 2 heterocycles. The molecule has 1 aromatic heterocycles. The van der Waals surface area contributed by atoms with Crippen LogP contribution in [0.15, 0.2) is 60.8 Å². The number of carbonyl (C=O) groups is 1. The van der Waals surface area contributed by atoms with Crippen molar-refractivity contribution in [3.63, 3.8) is 0 Å². The predicted molar refractivity (Wildman–Crippen MR) is 171 cm³/mol. The maximum Gasteiger partial charge on any atom is 0.421 e. The van der Waals surface area contributed by atoms with Gasteiger partial charge in [0.05, 0.1) is 13.2 Å². The van der Waals surface area contributed by atoms with E-state index in [1.165, 1.54) is 43.7 Å². The van der Waals surface area contributed by atoms with Crippen LogP contribution in [0.2, 0.25) is 0 Å². The fourth-order valence-corrected chi connectivity index (χ4v) is 5.63. The number of amides is 1. The molecule has 0 aliphatic carbocycles. The van der Waals surface area contributed by atoms with Crippen molar-refractivity contribution < 1.29 is 27.4 Å². The van der Waals surface area contributed by atoms with Crippen LogP contribution in [0.5, 0.6) is 11.5 Å². The van der Waals surface area contributed by atoms with E-state index in [0.29, 0.717) is 18.0 Å². The van der Waals surface area contributed by atoms with E-state index < -0.39 is 23.5 Å². The molecule has 1 fully saturated rings. The molecule has 1 N–H and O–H groups in total. The first kappa shape index (κ1) is 32.7. The van der Waals surface area contributed by atoms with Gasteiger partial charge >= 0.3 is 6.09 Å². The molecule has 8 nitrogen and oxygen atoms in total. The molecule has 1 aliphatic rings. The van der Waals surface area contributed by atoms with Crippen LogP contribution in [-0.4, -0.2) is 47.2 Å². The van der Waals surface area contributed by atoms with E-state index in [-0.39, 0.29) is 29.6 Å². The van der Waals surface area contributed by atoms with E-state index in [9.17, 15) is 18.0 Å². The number of hydrogen-bond acceptors (Lipinski definition) is 7. The monoisotopic (exact) mass is 633 g/mol. The first-order chi connectivity index (χ1) is 22.1. The Morgan fingerprint density at radius 2 is 1.65 bits per heavy atom. The average molecular weight is 634 g/mol. The third kappa shape index (κ3) is 8.75. The minimum atomic E-state index is -0.808. The number of rotatable bonds is 11. The number of aryl methyl sites for hydroxylation is 3. The SMILES string of the molecule is Cc1cc(C)c(OC(=O)N(Cc2cc(F)cc(F)c2)c2ccnc(Nc3ccc(OCCCN4CCCCC4)c(F)c3)n2)c(C)c1. The van der Waals surface area contributed by atoms with Gasteiger partial charge in [-0.1, -0.05) is 24.1 Å². The molecule has 1 amide bonds. The third-order valence-electron chi connectivity index (χ3n) is 7.71. The Morgan fingerprint density at radius 1 is 0.935 bits per heavy atom. The molecule has 3 aromatic carbocycles. The number of nitrogens with one attached hydrogen (secondary N) is 1. The summed E-state index contributed by atoms with van der Waals surface area (Å²) in [4.78, 5) is 25.8. The Balaban J connectivity index is 1.31. The van der Waals surface area contributed by atoms with Crippen LogP contribution in [0, 0.1) is 38.2 Å². The minimum absolute atomic E-state index is 0.0676. The molecule has 4 aromatic rings. The third-order valence-corrected chi connectivity index (χ3v) is 7.71. The fourth-order valence-electron chi connectivity index (χ4n) is 5.63. The second-order valence-corrected chi connectivity index (χ2v) is 11.6. The van der Waals surface area contributed by atoms with Crippen molar-refractivity contribution in [3.05, 3.63) is 100 Å². The molecule has 0 saturated carbocycles. The number of nitrogens with zero attached hydrogens (tertiary/aromatic N) is 4. The summed E-state index contributed by atoms with van der Waals surface area (Å²) in [6, 6.07) is 12.7. The van der Waals surface area contributed by atoms with Crippen LogP contribution in [0.25, 0.3) is 0 Å². The lowest BCUT2D eigenvalue weighted by atomic mass is 10.1. The smallest absolute Gasteiger partial charge is 0.421 e. The lowest BCUT2D eigenvalue weighted by Gasteiger charge is -2.26. The average Bonchev–Trinajstić information content (AvgIpc) is 3.01. The fraction of sp³-hybridized carbons (Fsp3) is 0.343. The van der Waals surface area contributed by atoms with Gasteiger partial charge in [0.15, 0.2) is 11.6 Å². The number of hydrogen-bond donors (Lipinski definition) is 1. The summed E-state index contributed by atoms with van der Waals surface area (Å²) < 4.78 is 54.5. The zero-order chi connectivity index (χ0) is 32.6. The normalized spacial score (nSPS) is 13.3. The number of benzene rings is 3. The van der Waals surface area contributed by atoms with Crippen LogP contribution in [0.4, 0.5) is 35.4 Å². The second kappa shape index (κ2) is 15.1. The summed E-state index contributed by atoms with van der Waals surface area (Å²) in [6.45, 7) is 8.89. The van der Waals surface area contributed by atoms with Crippen molar-refractivity contribution in [1.29, 1.82) is 0 Å². The molecule has 11 heteroatoms. The molecule has 242 valence electrons. The molecule has 46 heavy (non-hydrogen) atoms. The van der Waals surface area contributed by atoms with Crippen LogP contribution >= 0.6 is 0 Å². The first-order valence-electron chi connectivity index (χ1n) is 15.4. The van der Waals surface area contributed by atoms with Gasteiger partial charge in [-0.2, -0.15) is 4.98 Å². The Bertz CT molecular complexity index is 1640. The molecule has 0 bridgehead atoms. The zero-order valence-electron chi connectivity index (χ0n) is 26.3. The van der Waals surface area contributed by atoms with Crippen molar-refractivity contribution in [1.82, 2.24) is 14.9 Å². The van der Waals surface area contributed by atoms with Crippen molar-refractivity contribution in [3.8, 4) is 11.5 Å². The highest BCUT2D eigenvalue weighted by molar-refractivity contribution is 5.88. The van der Waals surface area contributed by atoms with Gasteiger partial charge in [0, 0.05) is 30.6 Å². The Morgan fingerprint density at radius 3 is 2.35 bits per heavy atom. The van der Waals surface area contributed by atoms with E-state index in [1.54, 1.807) is 6.07 Å². The van der Waals surface area contributed by atoms with E-state index in [2.05, 4.69) is 20.2 Å². The highest BCUT2D eigenvalue weighted by Crippen LogP contribution is 2.28. The minimum Gasteiger partial charge on any atom is -0.490 e. The Labute approximate surface area is 267 Å².